The molecule has 12 heteroatoms. The van der Waals surface area contributed by atoms with Crippen LogP contribution in [0, 0.1) is 12.8 Å². The van der Waals surface area contributed by atoms with Crippen molar-refractivity contribution in [2.45, 2.75) is 70.6 Å². The van der Waals surface area contributed by atoms with Gasteiger partial charge in [0.1, 0.15) is 18.2 Å². The van der Waals surface area contributed by atoms with Crippen LogP contribution in [0.4, 0.5) is 24.8 Å². The van der Waals surface area contributed by atoms with Gasteiger partial charge in [-0.3, -0.25) is 4.79 Å². The largest absolute Gasteiger partial charge is 0.462 e. The van der Waals surface area contributed by atoms with E-state index in [0.717, 1.165) is 30.8 Å². The Morgan fingerprint density at radius 1 is 1.19 bits per heavy atom. The SMILES string of the molecule is C=CC(=O)N1CCN(c2nc(OC[C@@H]3CCCN3C)nc3c2C[C@H](C)[C@@H](c2nc(N)cc(C)c2C(F)(F)F)C3)[C@@H](C)C1. The third-order valence-corrected chi connectivity index (χ3v) is 9.04. The highest BCUT2D eigenvalue weighted by Gasteiger charge is 2.42. The van der Waals surface area contributed by atoms with Crippen LogP contribution in [-0.2, 0) is 23.8 Å². The van der Waals surface area contributed by atoms with Crippen molar-refractivity contribution < 1.29 is 22.7 Å². The zero-order chi connectivity index (χ0) is 30.3. The van der Waals surface area contributed by atoms with Gasteiger partial charge in [-0.15, -0.1) is 0 Å². The van der Waals surface area contributed by atoms with Crippen LogP contribution in [0.25, 0.3) is 0 Å². The van der Waals surface area contributed by atoms with Gasteiger partial charge in [0.2, 0.25) is 5.91 Å². The van der Waals surface area contributed by atoms with Crippen LogP contribution in [0.2, 0.25) is 0 Å². The standard InChI is InChI=1S/C30H40F3N7O2/c1-6-25(41)39-10-11-40(19(4)15-39)28-22-12-17(2)21(27-26(30(31,32)33)18(3)13-24(34)36-27)14-23(22)35-29(37-28)42-16-20-8-7-9-38(20)5/h6,13,17,19-21H,1,7-12,14-16H2,2-5H3,(H2,34,36)/t17-,19-,20-,21-/m0/s1. The van der Waals surface area contributed by atoms with E-state index in [1.54, 1.807) is 4.90 Å². The summed E-state index contributed by atoms with van der Waals surface area (Å²) in [6.45, 7) is 12.0. The maximum Gasteiger partial charge on any atom is 0.418 e. The van der Waals surface area contributed by atoms with Crippen molar-refractivity contribution in [1.29, 1.82) is 0 Å². The van der Waals surface area contributed by atoms with E-state index in [9.17, 15) is 18.0 Å². The number of nitrogens with two attached hydrogens (primary N) is 1. The molecule has 2 fully saturated rings. The number of fused-ring (bicyclic) bond motifs is 1. The number of nitrogens with zero attached hydrogens (tertiary/aromatic N) is 6. The average molecular weight is 588 g/mol. The van der Waals surface area contributed by atoms with Gasteiger partial charge >= 0.3 is 12.2 Å². The third-order valence-electron chi connectivity index (χ3n) is 9.04. The first-order chi connectivity index (χ1) is 19.9. The molecule has 2 saturated heterocycles. The van der Waals surface area contributed by atoms with Crippen molar-refractivity contribution in [3.05, 3.63) is 46.8 Å². The minimum absolute atomic E-state index is 0.0294. The lowest BCUT2D eigenvalue weighted by Crippen LogP contribution is -2.54. The lowest BCUT2D eigenvalue weighted by Gasteiger charge is -2.42. The van der Waals surface area contributed by atoms with E-state index in [1.165, 1.54) is 19.1 Å². The predicted molar refractivity (Wildman–Crippen MR) is 154 cm³/mol. The van der Waals surface area contributed by atoms with Gasteiger partial charge in [-0.25, -0.2) is 4.98 Å². The Bertz CT molecular complexity index is 1350. The number of alkyl halides is 3. The highest BCUT2D eigenvalue weighted by atomic mass is 19.4. The summed E-state index contributed by atoms with van der Waals surface area (Å²) in [5.41, 5.74) is 6.86. The second kappa shape index (κ2) is 11.7. The molecule has 4 atom stereocenters. The van der Waals surface area contributed by atoms with Crippen molar-refractivity contribution >= 4 is 17.5 Å². The molecule has 0 spiro atoms. The van der Waals surface area contributed by atoms with Crippen LogP contribution in [0.15, 0.2) is 18.7 Å². The number of piperazine rings is 1. The highest BCUT2D eigenvalue weighted by Crippen LogP contribution is 2.45. The Morgan fingerprint density at radius 3 is 2.60 bits per heavy atom. The third kappa shape index (κ3) is 5.91. The number of likely N-dealkylation sites (tertiary alicyclic amines) is 1. The van der Waals surface area contributed by atoms with Crippen LogP contribution in [0.3, 0.4) is 0 Å². The van der Waals surface area contributed by atoms with Crippen LogP contribution < -0.4 is 15.4 Å². The molecule has 0 aromatic carbocycles. The lowest BCUT2D eigenvalue weighted by molar-refractivity contribution is -0.139. The van der Waals surface area contributed by atoms with Crippen molar-refractivity contribution in [3.8, 4) is 6.01 Å². The molecule has 9 nitrogen and oxygen atoms in total. The van der Waals surface area contributed by atoms with Gasteiger partial charge < -0.3 is 25.2 Å². The molecule has 0 radical (unpaired) electrons. The summed E-state index contributed by atoms with van der Waals surface area (Å²) >= 11 is 0. The zero-order valence-electron chi connectivity index (χ0n) is 24.7. The van der Waals surface area contributed by atoms with Gasteiger partial charge in [-0.1, -0.05) is 13.5 Å². The Morgan fingerprint density at radius 2 is 1.95 bits per heavy atom. The van der Waals surface area contributed by atoms with E-state index in [-0.39, 0.29) is 53.4 Å². The number of carbonyl (C=O) groups is 1. The molecule has 1 aliphatic carbocycles. The van der Waals surface area contributed by atoms with E-state index in [0.29, 0.717) is 38.4 Å². The Kier molecular flexibility index (Phi) is 8.37. The minimum Gasteiger partial charge on any atom is -0.462 e. The molecule has 3 aliphatic rings. The number of rotatable bonds is 6. The number of nitrogen functional groups attached to an aromatic ring is 1. The number of hydrogen-bond donors (Lipinski definition) is 1. The zero-order valence-corrected chi connectivity index (χ0v) is 24.7. The predicted octanol–water partition coefficient (Wildman–Crippen LogP) is 4.00. The van der Waals surface area contributed by atoms with Gasteiger partial charge in [-0.2, -0.15) is 23.1 Å². The van der Waals surface area contributed by atoms with Crippen molar-refractivity contribution in [1.82, 2.24) is 24.8 Å². The summed E-state index contributed by atoms with van der Waals surface area (Å²) in [6.07, 6.45) is -0.383. The normalized spacial score (nSPS) is 24.9. The summed E-state index contributed by atoms with van der Waals surface area (Å²) in [4.78, 5) is 32.4. The molecule has 4 heterocycles. The fourth-order valence-electron chi connectivity index (χ4n) is 6.74. The number of aromatic nitrogens is 3. The first-order valence-electron chi connectivity index (χ1n) is 14.6. The summed E-state index contributed by atoms with van der Waals surface area (Å²) in [5, 5.41) is 0. The maximum atomic E-state index is 14.3. The topological polar surface area (TPSA) is 101 Å². The number of pyridine rings is 1. The highest BCUT2D eigenvalue weighted by molar-refractivity contribution is 5.87. The molecule has 228 valence electrons. The second-order valence-electron chi connectivity index (χ2n) is 12.0. The summed E-state index contributed by atoms with van der Waals surface area (Å²) < 4.78 is 48.9. The Labute approximate surface area is 244 Å². The summed E-state index contributed by atoms with van der Waals surface area (Å²) in [7, 11) is 2.07. The Balaban J connectivity index is 1.53. The fourth-order valence-corrected chi connectivity index (χ4v) is 6.74. The molecule has 0 saturated carbocycles. The van der Waals surface area contributed by atoms with E-state index in [2.05, 4.69) is 28.4 Å². The first-order valence-corrected chi connectivity index (χ1v) is 14.6. The molecular formula is C30H40F3N7O2. The van der Waals surface area contributed by atoms with Crippen molar-refractivity contribution in [3.63, 3.8) is 0 Å². The average Bonchev–Trinajstić information content (AvgIpc) is 3.34. The van der Waals surface area contributed by atoms with Crippen molar-refractivity contribution in [2.24, 2.45) is 5.92 Å². The quantitative estimate of drug-likeness (QED) is 0.507. The van der Waals surface area contributed by atoms with E-state index >= 15 is 0 Å². The number of halogens is 3. The molecule has 42 heavy (non-hydrogen) atoms. The number of anilines is 2. The monoisotopic (exact) mass is 587 g/mol. The molecular weight excluding hydrogens is 547 g/mol. The molecule has 5 rings (SSSR count). The number of aryl methyl sites for hydroxylation is 1. The molecule has 2 aliphatic heterocycles. The molecule has 2 N–H and O–H groups in total. The maximum absolute atomic E-state index is 14.3. The number of amides is 1. The minimum atomic E-state index is -4.56. The van der Waals surface area contributed by atoms with E-state index < -0.39 is 17.7 Å². The van der Waals surface area contributed by atoms with Crippen molar-refractivity contribution in [2.75, 3.05) is 50.5 Å². The number of carbonyl (C=O) groups excluding carboxylic acids is 1. The number of ether oxygens (including phenoxy) is 1. The number of likely N-dealkylation sites (N-methyl/N-ethyl adjacent to an activating group) is 1. The van der Waals surface area contributed by atoms with E-state index in [1.807, 2.05) is 13.8 Å². The van der Waals surface area contributed by atoms with Gasteiger partial charge in [0.05, 0.1) is 17.0 Å². The van der Waals surface area contributed by atoms with Crippen LogP contribution in [0.5, 0.6) is 6.01 Å². The van der Waals surface area contributed by atoms with E-state index in [4.69, 9.17) is 20.4 Å². The molecule has 2 aromatic heterocycles. The number of hydrogen-bond acceptors (Lipinski definition) is 8. The molecule has 0 bridgehead atoms. The fraction of sp³-hybridized carbons (Fsp3) is 0.600. The molecule has 2 aromatic rings. The van der Waals surface area contributed by atoms with Gasteiger partial charge in [0.25, 0.3) is 0 Å². The smallest absolute Gasteiger partial charge is 0.418 e. The van der Waals surface area contributed by atoms with Gasteiger partial charge in [0, 0.05) is 43.2 Å². The lowest BCUT2D eigenvalue weighted by atomic mass is 9.75. The van der Waals surface area contributed by atoms with Gasteiger partial charge in [0.15, 0.2) is 0 Å². The summed E-state index contributed by atoms with van der Waals surface area (Å²) in [5.74, 6) is -0.0222. The first kappa shape index (κ1) is 30.1. The van der Waals surface area contributed by atoms with Crippen LogP contribution in [0.1, 0.15) is 60.7 Å². The second-order valence-corrected chi connectivity index (χ2v) is 12.0. The molecule has 1 amide bonds. The van der Waals surface area contributed by atoms with Crippen LogP contribution in [-0.4, -0.2) is 82.6 Å². The summed E-state index contributed by atoms with van der Waals surface area (Å²) in [6, 6.07) is 1.71. The van der Waals surface area contributed by atoms with Gasteiger partial charge in [-0.05, 0) is 76.7 Å². The molecule has 0 unspecified atom stereocenters. The Hall–Kier alpha value is -3.41. The van der Waals surface area contributed by atoms with Crippen LogP contribution >= 0.6 is 0 Å².